The Morgan fingerprint density at radius 2 is 1.96 bits per heavy atom. The molecule has 0 aliphatic heterocycles. The van der Waals surface area contributed by atoms with Gasteiger partial charge >= 0.3 is 0 Å². The summed E-state index contributed by atoms with van der Waals surface area (Å²) in [6.07, 6.45) is 0.720. The van der Waals surface area contributed by atoms with Gasteiger partial charge in [0.1, 0.15) is 10.6 Å². The van der Waals surface area contributed by atoms with E-state index in [4.69, 9.17) is 4.52 Å². The normalized spacial score (nSPS) is 11.5. The molecule has 1 aromatic carbocycles. The van der Waals surface area contributed by atoms with Crippen molar-refractivity contribution in [1.29, 1.82) is 0 Å². The van der Waals surface area contributed by atoms with Gasteiger partial charge in [-0.25, -0.2) is 4.98 Å². The second-order valence-electron chi connectivity index (χ2n) is 6.97. The molecule has 25 heavy (non-hydrogen) atoms. The number of hydrogen-bond acceptors (Lipinski definition) is 5. The number of carbonyl (C=O) groups is 1. The Kier molecular flexibility index (Phi) is 4.72. The lowest BCUT2D eigenvalue weighted by Gasteiger charge is -2.11. The van der Waals surface area contributed by atoms with Crippen LogP contribution in [0.2, 0.25) is 0 Å². The maximum atomic E-state index is 12.5. The molecule has 3 aromatic rings. The van der Waals surface area contributed by atoms with Crippen molar-refractivity contribution >= 4 is 23.1 Å². The van der Waals surface area contributed by atoms with Crippen LogP contribution in [-0.2, 0) is 11.8 Å². The molecule has 0 bridgehead atoms. The van der Waals surface area contributed by atoms with Crippen molar-refractivity contribution in [3.05, 3.63) is 63.3 Å². The predicted molar refractivity (Wildman–Crippen MR) is 99.3 cm³/mol. The Labute approximate surface area is 151 Å². The minimum atomic E-state index is -0.205. The fourth-order valence-corrected chi connectivity index (χ4v) is 3.36. The van der Waals surface area contributed by atoms with Gasteiger partial charge in [0.25, 0.3) is 5.91 Å². The van der Waals surface area contributed by atoms with E-state index in [1.165, 1.54) is 16.9 Å². The van der Waals surface area contributed by atoms with Crippen LogP contribution in [0.3, 0.4) is 0 Å². The summed E-state index contributed by atoms with van der Waals surface area (Å²) in [5.74, 6) is 0.948. The molecule has 1 amide bonds. The van der Waals surface area contributed by atoms with Crippen LogP contribution in [0, 0.1) is 6.92 Å². The number of thiazole rings is 1. The fourth-order valence-electron chi connectivity index (χ4n) is 2.37. The van der Waals surface area contributed by atoms with Gasteiger partial charge in [0.15, 0.2) is 5.82 Å². The van der Waals surface area contributed by atoms with Crippen LogP contribution in [0.25, 0.3) is 0 Å². The number of hydrogen-bond donors (Lipinski definition) is 1. The molecular formula is C19H21N3O2S. The molecule has 6 heteroatoms. The number of anilines is 1. The summed E-state index contributed by atoms with van der Waals surface area (Å²) in [5, 5.41) is 7.65. The zero-order chi connectivity index (χ0) is 18.0. The van der Waals surface area contributed by atoms with Crippen LogP contribution < -0.4 is 5.32 Å². The summed E-state index contributed by atoms with van der Waals surface area (Å²) >= 11 is 1.41. The molecule has 3 rings (SSSR count). The van der Waals surface area contributed by atoms with Crippen molar-refractivity contribution in [3.63, 3.8) is 0 Å². The molecule has 0 saturated heterocycles. The third-order valence-electron chi connectivity index (χ3n) is 3.74. The predicted octanol–water partition coefficient (Wildman–Crippen LogP) is 4.58. The Morgan fingerprint density at radius 1 is 1.24 bits per heavy atom. The smallest absolute Gasteiger partial charge is 0.268 e. The first kappa shape index (κ1) is 17.4. The first-order chi connectivity index (χ1) is 11.8. The van der Waals surface area contributed by atoms with Crippen molar-refractivity contribution in [2.24, 2.45) is 0 Å². The van der Waals surface area contributed by atoms with Gasteiger partial charge in [-0.1, -0.05) is 56.3 Å². The van der Waals surface area contributed by atoms with Crippen LogP contribution in [0.15, 0.2) is 40.9 Å². The molecular weight excluding hydrogens is 334 g/mol. The Balaban J connectivity index is 1.73. The number of aryl methyl sites for hydroxylation is 1. The lowest BCUT2D eigenvalue weighted by Crippen LogP contribution is -2.12. The number of rotatable bonds is 4. The molecule has 0 aliphatic carbocycles. The third-order valence-corrected chi connectivity index (χ3v) is 4.89. The Morgan fingerprint density at radius 3 is 2.60 bits per heavy atom. The average Bonchev–Trinajstić information content (AvgIpc) is 3.15. The van der Waals surface area contributed by atoms with Gasteiger partial charge in [-0.2, -0.15) is 0 Å². The molecule has 0 aliphatic rings. The third kappa shape index (κ3) is 4.14. The monoisotopic (exact) mass is 355 g/mol. The average molecular weight is 355 g/mol. The van der Waals surface area contributed by atoms with Crippen molar-refractivity contribution in [2.75, 3.05) is 5.32 Å². The largest absolute Gasteiger partial charge is 0.359 e. The molecule has 0 saturated carbocycles. The molecule has 5 nitrogen and oxygen atoms in total. The van der Waals surface area contributed by atoms with E-state index in [1.807, 2.05) is 45.9 Å². The molecule has 0 atom stereocenters. The van der Waals surface area contributed by atoms with Crippen LogP contribution in [0.1, 0.15) is 52.5 Å². The molecule has 0 spiro atoms. The number of nitrogens with one attached hydrogen (secondary N) is 1. The van der Waals surface area contributed by atoms with Crippen LogP contribution >= 0.6 is 11.3 Å². The van der Waals surface area contributed by atoms with Crippen molar-refractivity contribution in [3.8, 4) is 0 Å². The maximum absolute atomic E-state index is 12.5. The van der Waals surface area contributed by atoms with Crippen LogP contribution in [-0.4, -0.2) is 16.0 Å². The van der Waals surface area contributed by atoms with E-state index < -0.39 is 0 Å². The zero-order valence-electron chi connectivity index (χ0n) is 14.8. The van der Waals surface area contributed by atoms with E-state index in [0.717, 1.165) is 22.9 Å². The molecule has 1 N–H and O–H groups in total. The summed E-state index contributed by atoms with van der Waals surface area (Å²) in [5.41, 5.74) is 1.75. The summed E-state index contributed by atoms with van der Waals surface area (Å²) in [6, 6.07) is 11.9. The van der Waals surface area contributed by atoms with E-state index in [1.54, 1.807) is 6.07 Å². The van der Waals surface area contributed by atoms with E-state index in [9.17, 15) is 4.79 Å². The summed E-state index contributed by atoms with van der Waals surface area (Å²) in [7, 11) is 0. The van der Waals surface area contributed by atoms with Crippen LogP contribution in [0.5, 0.6) is 0 Å². The molecule has 0 fully saturated rings. The number of aromatic nitrogens is 2. The van der Waals surface area contributed by atoms with Crippen molar-refractivity contribution in [1.82, 2.24) is 10.1 Å². The zero-order valence-corrected chi connectivity index (χ0v) is 15.6. The number of carbonyl (C=O) groups excluding carboxylic acids is 1. The molecule has 2 heterocycles. The highest BCUT2D eigenvalue weighted by atomic mass is 32.1. The number of benzene rings is 1. The van der Waals surface area contributed by atoms with Gasteiger partial charge in [0, 0.05) is 17.9 Å². The molecule has 0 unspecified atom stereocenters. The fraction of sp³-hybridized carbons (Fsp3) is 0.316. The van der Waals surface area contributed by atoms with Crippen LogP contribution in [0.4, 0.5) is 5.82 Å². The molecule has 130 valence electrons. The SMILES string of the molecule is Cc1nc(Cc2ccccc2)sc1C(=O)Nc1cc(C(C)(C)C)on1. The highest BCUT2D eigenvalue weighted by Crippen LogP contribution is 2.26. The van der Waals surface area contributed by atoms with Gasteiger partial charge < -0.3 is 9.84 Å². The van der Waals surface area contributed by atoms with Gasteiger partial charge in [-0.3, -0.25) is 4.79 Å². The van der Waals surface area contributed by atoms with E-state index >= 15 is 0 Å². The second kappa shape index (κ2) is 6.80. The summed E-state index contributed by atoms with van der Waals surface area (Å²) in [4.78, 5) is 17.7. The highest BCUT2D eigenvalue weighted by Gasteiger charge is 2.22. The lowest BCUT2D eigenvalue weighted by atomic mass is 9.93. The molecule has 0 radical (unpaired) electrons. The van der Waals surface area contributed by atoms with E-state index in [-0.39, 0.29) is 11.3 Å². The Bertz CT molecular complexity index is 876. The quantitative estimate of drug-likeness (QED) is 0.744. The minimum Gasteiger partial charge on any atom is -0.359 e. The Hall–Kier alpha value is -2.47. The van der Waals surface area contributed by atoms with Crippen molar-refractivity contribution < 1.29 is 9.32 Å². The van der Waals surface area contributed by atoms with E-state index in [2.05, 4.69) is 27.6 Å². The standard InChI is InChI=1S/C19H21N3O2S/c1-12-17(25-16(20-12)10-13-8-6-5-7-9-13)18(23)21-15-11-14(24-22-15)19(2,3)4/h5-9,11H,10H2,1-4H3,(H,21,22,23). The minimum absolute atomic E-state index is 0.154. The second-order valence-corrected chi connectivity index (χ2v) is 8.05. The molecule has 2 aromatic heterocycles. The van der Waals surface area contributed by atoms with Gasteiger partial charge in [-0.05, 0) is 12.5 Å². The van der Waals surface area contributed by atoms with Gasteiger partial charge in [0.2, 0.25) is 0 Å². The topological polar surface area (TPSA) is 68.0 Å². The van der Waals surface area contributed by atoms with Gasteiger partial charge in [-0.15, -0.1) is 11.3 Å². The lowest BCUT2D eigenvalue weighted by molar-refractivity contribution is 0.102. The first-order valence-corrected chi connectivity index (χ1v) is 8.93. The number of amides is 1. The van der Waals surface area contributed by atoms with E-state index in [0.29, 0.717) is 10.7 Å². The highest BCUT2D eigenvalue weighted by molar-refractivity contribution is 7.14. The summed E-state index contributed by atoms with van der Waals surface area (Å²) < 4.78 is 5.30. The van der Waals surface area contributed by atoms with Gasteiger partial charge in [0.05, 0.1) is 10.7 Å². The summed E-state index contributed by atoms with van der Waals surface area (Å²) in [6.45, 7) is 7.94. The maximum Gasteiger partial charge on any atom is 0.268 e. The number of nitrogens with zero attached hydrogens (tertiary/aromatic N) is 2. The first-order valence-electron chi connectivity index (χ1n) is 8.12. The van der Waals surface area contributed by atoms with Crippen molar-refractivity contribution in [2.45, 2.75) is 39.5 Å².